The molecule has 4 heterocycles. The first kappa shape index (κ1) is 47.8. The van der Waals surface area contributed by atoms with Gasteiger partial charge in [-0.05, 0) is 136 Å². The monoisotopic (exact) mass is 836 g/mol. The lowest BCUT2D eigenvalue weighted by Crippen LogP contribution is -2.08. The van der Waals surface area contributed by atoms with Crippen LogP contribution in [0.4, 0.5) is 17.6 Å². The minimum Gasteiger partial charge on any atom is -0.481 e. The molecule has 2 atom stereocenters. The van der Waals surface area contributed by atoms with Gasteiger partial charge in [-0.2, -0.15) is 17.6 Å². The van der Waals surface area contributed by atoms with E-state index in [1.165, 1.54) is 78.4 Å². The van der Waals surface area contributed by atoms with E-state index in [0.29, 0.717) is 6.42 Å². The van der Waals surface area contributed by atoms with Gasteiger partial charge in [0.05, 0.1) is 12.5 Å². The van der Waals surface area contributed by atoms with Crippen LogP contribution in [0.15, 0.2) is 67.0 Å². The van der Waals surface area contributed by atoms with Gasteiger partial charge in [-0.15, -0.1) is 0 Å². The molecule has 326 valence electrons. The third kappa shape index (κ3) is 17.0. The van der Waals surface area contributed by atoms with E-state index < -0.39 is 25.3 Å². The molecule has 2 unspecified atom stereocenters. The molecule has 6 rings (SSSR count). The maximum Gasteiger partial charge on any atom is 0.388 e. The minimum absolute atomic E-state index is 0. The lowest BCUT2D eigenvalue weighted by Gasteiger charge is -2.16. The number of aliphatic carboxylic acids is 1. The maximum absolute atomic E-state index is 12.3. The fourth-order valence-corrected chi connectivity index (χ4v) is 7.60. The zero-order valence-electron chi connectivity index (χ0n) is 33.6. The highest BCUT2D eigenvalue weighted by Gasteiger charge is 2.17. The largest absolute Gasteiger partial charge is 0.481 e. The highest BCUT2D eigenvalue weighted by Crippen LogP contribution is 2.28. The van der Waals surface area contributed by atoms with E-state index in [1.54, 1.807) is 24.3 Å². The Bertz CT molecular complexity index is 1900. The molecular weight excluding hydrogens is 777 g/mol. The van der Waals surface area contributed by atoms with Crippen molar-refractivity contribution in [3.05, 3.63) is 112 Å². The number of fused-ring (bicyclic) bond motifs is 2. The van der Waals surface area contributed by atoms with E-state index >= 15 is 0 Å². The molecule has 13 heteroatoms. The summed E-state index contributed by atoms with van der Waals surface area (Å²) in [7, 11) is 0. The Morgan fingerprint density at radius 3 is 1.73 bits per heavy atom. The van der Waals surface area contributed by atoms with Gasteiger partial charge in [0.15, 0.2) is 0 Å². The molecule has 60 heavy (non-hydrogen) atoms. The Balaban J connectivity index is 0.000000262. The van der Waals surface area contributed by atoms with Crippen molar-refractivity contribution in [3.63, 3.8) is 0 Å². The molecule has 4 aromatic heterocycles. The number of aryl methyl sites for hydroxylation is 6. The van der Waals surface area contributed by atoms with Crippen molar-refractivity contribution in [1.82, 2.24) is 19.9 Å². The number of halogens is 4. The van der Waals surface area contributed by atoms with Crippen LogP contribution >= 0.6 is 0 Å². The maximum atomic E-state index is 12.3. The van der Waals surface area contributed by atoms with Crippen molar-refractivity contribution in [2.24, 2.45) is 0 Å². The molecule has 0 saturated heterocycles. The number of ether oxygens (including phenoxy) is 2. The molecule has 2 N–H and O–H groups in total. The second-order valence-electron chi connectivity index (χ2n) is 15.3. The molecule has 0 aliphatic heterocycles. The van der Waals surface area contributed by atoms with E-state index in [1.807, 2.05) is 0 Å². The van der Waals surface area contributed by atoms with Gasteiger partial charge in [0.2, 0.25) is 11.8 Å². The molecule has 2 aliphatic rings. The number of aliphatic hydroxyl groups is 1. The first-order valence-corrected chi connectivity index (χ1v) is 21.0. The van der Waals surface area contributed by atoms with Gasteiger partial charge in [0.25, 0.3) is 0 Å². The number of carbonyl (C=O) groups is 1. The van der Waals surface area contributed by atoms with Gasteiger partial charge in [-0.25, -0.2) is 9.97 Å². The van der Waals surface area contributed by atoms with Gasteiger partial charge < -0.3 is 19.7 Å². The SMILES string of the molecule is C.O=C(O)CC(CCCCCCc1ccc2c(n1)CCCC2)c1ccc(OC(F)F)nc1.OC(/C=C/c1ccc(OC(F)F)nc1)CCCCc1ccc2c(n1)CCCC2. The third-order valence-electron chi connectivity index (χ3n) is 10.7. The van der Waals surface area contributed by atoms with Crippen LogP contribution in [-0.4, -0.2) is 55.4 Å². The summed E-state index contributed by atoms with van der Waals surface area (Å²) >= 11 is 0. The number of alkyl halides is 4. The lowest BCUT2D eigenvalue weighted by atomic mass is 9.91. The fraction of sp³-hybridized carbons (Fsp3) is 0.511. The van der Waals surface area contributed by atoms with E-state index in [0.717, 1.165) is 100 Å². The summed E-state index contributed by atoms with van der Waals surface area (Å²) in [5.74, 6) is -1.35. The summed E-state index contributed by atoms with van der Waals surface area (Å²) in [6.45, 7) is -5.81. The first-order chi connectivity index (χ1) is 28.6. The average Bonchev–Trinajstić information content (AvgIpc) is 3.23. The van der Waals surface area contributed by atoms with E-state index in [4.69, 9.17) is 9.97 Å². The second-order valence-corrected chi connectivity index (χ2v) is 15.3. The number of nitrogens with zero attached hydrogens (tertiary/aromatic N) is 4. The topological polar surface area (TPSA) is 128 Å². The van der Waals surface area contributed by atoms with Crippen molar-refractivity contribution in [3.8, 4) is 11.8 Å². The Kier molecular flexibility index (Phi) is 20.4. The Morgan fingerprint density at radius 1 is 0.667 bits per heavy atom. The number of unbranched alkanes of at least 4 members (excludes halogenated alkanes) is 4. The van der Waals surface area contributed by atoms with Crippen molar-refractivity contribution < 1.29 is 42.0 Å². The van der Waals surface area contributed by atoms with Crippen molar-refractivity contribution in [1.29, 1.82) is 0 Å². The number of pyridine rings is 4. The van der Waals surface area contributed by atoms with Crippen LogP contribution in [0, 0.1) is 0 Å². The standard InChI is InChI=1S/C24H30F2N2O3.C22H26F2N2O2.CH4/c25-24(26)31-22-14-12-19(16-27-22)18(15-23(29)30)8-3-1-2-4-9-20-13-11-17-7-5-6-10-21(17)28-20;23-22(24)28-21-14-10-16(15-25-21)9-13-19(27)7-3-2-6-18-12-11-17-5-1-4-8-20(17)26-18;/h11-14,16,18,24H,1-10,15H2,(H,29,30);9-15,19,22,27H,1-8H2;1H4/b;13-9+;. The van der Waals surface area contributed by atoms with Crippen LogP contribution in [0.3, 0.4) is 0 Å². The highest BCUT2D eigenvalue weighted by atomic mass is 19.3. The first-order valence-electron chi connectivity index (χ1n) is 21.0. The van der Waals surface area contributed by atoms with Gasteiger partial charge in [-0.3, -0.25) is 14.8 Å². The van der Waals surface area contributed by atoms with Crippen molar-refractivity contribution in [2.45, 2.75) is 155 Å². The summed E-state index contributed by atoms with van der Waals surface area (Å²) in [5.41, 5.74) is 9.12. The molecule has 0 bridgehead atoms. The average molecular weight is 837 g/mol. The summed E-state index contributed by atoms with van der Waals surface area (Å²) < 4.78 is 57.2. The summed E-state index contributed by atoms with van der Waals surface area (Å²) in [6, 6.07) is 14.7. The van der Waals surface area contributed by atoms with Crippen LogP contribution in [0.1, 0.15) is 142 Å². The number of aliphatic hydroxyl groups excluding tert-OH is 1. The summed E-state index contributed by atoms with van der Waals surface area (Å²) in [4.78, 5) is 28.5. The molecule has 9 nitrogen and oxygen atoms in total. The van der Waals surface area contributed by atoms with E-state index in [2.05, 4.69) is 43.7 Å². The summed E-state index contributed by atoms with van der Waals surface area (Å²) in [6.07, 6.45) is 24.5. The molecule has 0 aromatic carbocycles. The normalized spacial score (nSPS) is 14.4. The molecule has 0 saturated carbocycles. The number of carboxylic acid groups (broad SMARTS) is 1. The van der Waals surface area contributed by atoms with Gasteiger partial charge in [-0.1, -0.05) is 63.5 Å². The molecule has 2 aliphatic carbocycles. The minimum atomic E-state index is -2.93. The lowest BCUT2D eigenvalue weighted by molar-refractivity contribution is -0.137. The Hall–Kier alpha value is -4.91. The van der Waals surface area contributed by atoms with Crippen LogP contribution in [0.25, 0.3) is 6.08 Å². The molecule has 0 fully saturated rings. The van der Waals surface area contributed by atoms with Gasteiger partial charge in [0.1, 0.15) is 0 Å². The van der Waals surface area contributed by atoms with Crippen LogP contribution in [0.5, 0.6) is 11.8 Å². The number of hydrogen-bond donors (Lipinski definition) is 2. The fourth-order valence-electron chi connectivity index (χ4n) is 7.60. The van der Waals surface area contributed by atoms with E-state index in [9.17, 15) is 32.6 Å². The van der Waals surface area contributed by atoms with Crippen LogP contribution in [0.2, 0.25) is 0 Å². The Labute approximate surface area is 351 Å². The summed E-state index contributed by atoms with van der Waals surface area (Å²) in [5, 5.41) is 19.3. The predicted molar refractivity (Wildman–Crippen MR) is 225 cm³/mol. The van der Waals surface area contributed by atoms with Gasteiger partial charge >= 0.3 is 19.2 Å². The molecule has 0 amide bonds. The molecular formula is C47H60F4N4O5. The highest BCUT2D eigenvalue weighted by molar-refractivity contribution is 5.68. The van der Waals surface area contributed by atoms with Crippen LogP contribution < -0.4 is 9.47 Å². The number of rotatable bonds is 21. The second kappa shape index (κ2) is 25.7. The smallest absolute Gasteiger partial charge is 0.388 e. The molecule has 0 radical (unpaired) electrons. The van der Waals surface area contributed by atoms with E-state index in [-0.39, 0.29) is 31.5 Å². The number of aromatic nitrogens is 4. The quantitative estimate of drug-likeness (QED) is 0.0623. The zero-order valence-corrected chi connectivity index (χ0v) is 33.6. The molecule has 0 spiro atoms. The van der Waals surface area contributed by atoms with Crippen molar-refractivity contribution in [2.75, 3.05) is 0 Å². The predicted octanol–water partition coefficient (Wildman–Crippen LogP) is 11.1. The Morgan fingerprint density at radius 2 is 1.20 bits per heavy atom. The van der Waals surface area contributed by atoms with Gasteiger partial charge in [0, 0.05) is 47.3 Å². The van der Waals surface area contributed by atoms with Crippen molar-refractivity contribution >= 4 is 12.0 Å². The zero-order chi connectivity index (χ0) is 41.8. The number of carboxylic acids is 1. The van der Waals surface area contributed by atoms with Crippen LogP contribution in [-0.2, 0) is 43.3 Å². The third-order valence-corrected chi connectivity index (χ3v) is 10.7. The molecule has 4 aromatic rings. The number of hydrogen-bond acceptors (Lipinski definition) is 8.